The van der Waals surface area contributed by atoms with Crippen molar-refractivity contribution in [2.75, 3.05) is 18.8 Å². The topological polar surface area (TPSA) is 46.3 Å². The van der Waals surface area contributed by atoms with Crippen LogP contribution >= 0.6 is 11.6 Å². The minimum Gasteiger partial charge on any atom is -0.399 e. The van der Waals surface area contributed by atoms with E-state index in [1.165, 1.54) is 0 Å². The van der Waals surface area contributed by atoms with Gasteiger partial charge in [0.05, 0.1) is 17.1 Å². The van der Waals surface area contributed by atoms with Crippen LogP contribution in [0.4, 0.5) is 5.69 Å². The molecule has 1 aromatic carbocycles. The highest BCUT2D eigenvalue weighted by Crippen LogP contribution is 2.20. The number of carbonyl (C=O) groups is 1. The van der Waals surface area contributed by atoms with Gasteiger partial charge in [0.15, 0.2) is 0 Å². The van der Waals surface area contributed by atoms with Crippen molar-refractivity contribution in [2.45, 2.75) is 13.3 Å². The zero-order valence-electron chi connectivity index (χ0n) is 9.74. The van der Waals surface area contributed by atoms with Crippen LogP contribution in [0.1, 0.15) is 23.7 Å². The van der Waals surface area contributed by atoms with Crippen molar-refractivity contribution < 1.29 is 4.79 Å². The number of anilines is 1. The van der Waals surface area contributed by atoms with E-state index < -0.39 is 0 Å². The van der Waals surface area contributed by atoms with Crippen molar-refractivity contribution in [1.29, 1.82) is 0 Å². The number of hydrogen-bond acceptors (Lipinski definition) is 2. The third-order valence-electron chi connectivity index (χ3n) is 2.29. The summed E-state index contributed by atoms with van der Waals surface area (Å²) in [7, 11) is 0. The number of terminal acetylenes is 1. The summed E-state index contributed by atoms with van der Waals surface area (Å²) in [6.45, 7) is 2.89. The Morgan fingerprint density at radius 1 is 1.59 bits per heavy atom. The monoisotopic (exact) mass is 250 g/mol. The minimum absolute atomic E-state index is 0.158. The molecule has 0 bridgehead atoms. The predicted octanol–water partition coefficient (Wildman–Crippen LogP) is 2.41. The van der Waals surface area contributed by atoms with E-state index in [4.69, 9.17) is 23.8 Å². The molecule has 0 unspecified atom stereocenters. The van der Waals surface area contributed by atoms with Gasteiger partial charge in [0.1, 0.15) is 0 Å². The number of nitrogen functional groups attached to an aromatic ring is 1. The van der Waals surface area contributed by atoms with Gasteiger partial charge in [-0.25, -0.2) is 0 Å². The average molecular weight is 251 g/mol. The summed E-state index contributed by atoms with van der Waals surface area (Å²) >= 11 is 5.99. The standard InChI is InChI=1S/C13H15ClN2O/c1-3-7-16(8-4-2)13(17)11-6-5-10(15)9-12(11)14/h1,5-6,9H,4,7-8,15H2,2H3. The second-order valence-corrected chi connectivity index (χ2v) is 4.08. The highest BCUT2D eigenvalue weighted by atomic mass is 35.5. The Morgan fingerprint density at radius 3 is 2.82 bits per heavy atom. The molecule has 0 fully saturated rings. The molecule has 2 N–H and O–H groups in total. The van der Waals surface area contributed by atoms with Crippen molar-refractivity contribution >= 4 is 23.2 Å². The average Bonchev–Trinajstić information content (AvgIpc) is 2.28. The first-order valence-corrected chi connectivity index (χ1v) is 5.75. The quantitative estimate of drug-likeness (QED) is 0.659. The zero-order valence-corrected chi connectivity index (χ0v) is 10.5. The molecule has 0 saturated heterocycles. The number of benzene rings is 1. The van der Waals surface area contributed by atoms with Crippen LogP contribution in [0.3, 0.4) is 0 Å². The van der Waals surface area contributed by atoms with Crippen LogP contribution < -0.4 is 5.73 Å². The molecular weight excluding hydrogens is 236 g/mol. The normalized spacial score (nSPS) is 9.71. The van der Waals surface area contributed by atoms with Crippen LogP contribution in [0.5, 0.6) is 0 Å². The highest BCUT2D eigenvalue weighted by molar-refractivity contribution is 6.34. The lowest BCUT2D eigenvalue weighted by Crippen LogP contribution is -2.32. The van der Waals surface area contributed by atoms with E-state index in [-0.39, 0.29) is 12.5 Å². The molecule has 0 radical (unpaired) electrons. The third kappa shape index (κ3) is 3.40. The number of hydrogen-bond donors (Lipinski definition) is 1. The maximum absolute atomic E-state index is 12.2. The van der Waals surface area contributed by atoms with Gasteiger partial charge in [-0.05, 0) is 24.6 Å². The van der Waals surface area contributed by atoms with Gasteiger partial charge in [-0.1, -0.05) is 24.4 Å². The lowest BCUT2D eigenvalue weighted by Gasteiger charge is -2.20. The summed E-state index contributed by atoms with van der Waals surface area (Å²) in [5, 5.41) is 0.355. The summed E-state index contributed by atoms with van der Waals surface area (Å²) in [5.74, 6) is 2.31. The summed E-state index contributed by atoms with van der Waals surface area (Å²) in [4.78, 5) is 13.8. The first-order valence-electron chi connectivity index (χ1n) is 5.38. The molecule has 0 aliphatic carbocycles. The fourth-order valence-corrected chi connectivity index (χ4v) is 1.78. The van der Waals surface area contributed by atoms with Gasteiger partial charge in [0, 0.05) is 12.2 Å². The molecule has 1 aromatic rings. The largest absolute Gasteiger partial charge is 0.399 e. The molecule has 0 aliphatic rings. The maximum atomic E-state index is 12.2. The lowest BCUT2D eigenvalue weighted by atomic mass is 10.1. The van der Waals surface area contributed by atoms with Gasteiger partial charge in [-0.2, -0.15) is 0 Å². The Labute approximate surface area is 107 Å². The zero-order chi connectivity index (χ0) is 12.8. The molecule has 0 aliphatic heterocycles. The van der Waals surface area contributed by atoms with Gasteiger partial charge in [0.2, 0.25) is 0 Å². The SMILES string of the molecule is C#CCN(CCC)C(=O)c1ccc(N)cc1Cl. The molecule has 0 atom stereocenters. The molecule has 0 spiro atoms. The number of rotatable bonds is 4. The van der Waals surface area contributed by atoms with Crippen LogP contribution in [-0.4, -0.2) is 23.9 Å². The van der Waals surface area contributed by atoms with Crippen molar-refractivity contribution in [3.8, 4) is 12.3 Å². The minimum atomic E-state index is -0.158. The second kappa shape index (κ2) is 6.17. The lowest BCUT2D eigenvalue weighted by molar-refractivity contribution is 0.0777. The fourth-order valence-electron chi connectivity index (χ4n) is 1.51. The van der Waals surface area contributed by atoms with Gasteiger partial charge in [-0.15, -0.1) is 6.42 Å². The molecule has 0 heterocycles. The summed E-state index contributed by atoms with van der Waals surface area (Å²) in [6.07, 6.45) is 6.09. The molecule has 90 valence electrons. The van der Waals surface area contributed by atoms with Crippen molar-refractivity contribution in [1.82, 2.24) is 4.90 Å². The van der Waals surface area contributed by atoms with Gasteiger partial charge in [0.25, 0.3) is 5.91 Å². The van der Waals surface area contributed by atoms with E-state index in [0.717, 1.165) is 6.42 Å². The molecule has 1 amide bonds. The summed E-state index contributed by atoms with van der Waals surface area (Å²) in [5.41, 5.74) is 6.55. The first-order chi connectivity index (χ1) is 8.10. The Bertz CT molecular complexity index is 451. The van der Waals surface area contributed by atoms with E-state index in [0.29, 0.717) is 22.8 Å². The van der Waals surface area contributed by atoms with Gasteiger partial charge in [-0.3, -0.25) is 4.79 Å². The van der Waals surface area contributed by atoms with E-state index in [1.54, 1.807) is 23.1 Å². The van der Waals surface area contributed by atoms with Crippen LogP contribution in [0, 0.1) is 12.3 Å². The van der Waals surface area contributed by atoms with E-state index >= 15 is 0 Å². The van der Waals surface area contributed by atoms with Crippen molar-refractivity contribution in [3.05, 3.63) is 28.8 Å². The number of nitrogens with zero attached hydrogens (tertiary/aromatic N) is 1. The Kier molecular flexibility index (Phi) is 4.86. The molecule has 4 heteroatoms. The first kappa shape index (κ1) is 13.4. The summed E-state index contributed by atoms with van der Waals surface area (Å²) < 4.78 is 0. The Hall–Kier alpha value is -1.66. The molecule has 0 aromatic heterocycles. The van der Waals surface area contributed by atoms with Gasteiger partial charge >= 0.3 is 0 Å². The number of halogens is 1. The number of carbonyl (C=O) groups excluding carboxylic acids is 1. The van der Waals surface area contributed by atoms with E-state index in [9.17, 15) is 4.79 Å². The maximum Gasteiger partial charge on any atom is 0.256 e. The highest BCUT2D eigenvalue weighted by Gasteiger charge is 2.16. The third-order valence-corrected chi connectivity index (χ3v) is 2.60. The molecule has 0 saturated carbocycles. The van der Waals surface area contributed by atoms with Crippen LogP contribution in [-0.2, 0) is 0 Å². The van der Waals surface area contributed by atoms with Crippen molar-refractivity contribution in [2.24, 2.45) is 0 Å². The number of amides is 1. The van der Waals surface area contributed by atoms with Gasteiger partial charge < -0.3 is 10.6 Å². The fraction of sp³-hybridized carbons (Fsp3) is 0.308. The number of nitrogens with two attached hydrogens (primary N) is 1. The summed E-state index contributed by atoms with van der Waals surface area (Å²) in [6, 6.07) is 4.84. The van der Waals surface area contributed by atoms with Crippen LogP contribution in [0.15, 0.2) is 18.2 Å². The molecule has 1 rings (SSSR count). The molecular formula is C13H15ClN2O. The van der Waals surface area contributed by atoms with Crippen molar-refractivity contribution in [3.63, 3.8) is 0 Å². The second-order valence-electron chi connectivity index (χ2n) is 3.67. The Morgan fingerprint density at radius 2 is 2.29 bits per heavy atom. The van der Waals surface area contributed by atoms with E-state index in [2.05, 4.69) is 5.92 Å². The van der Waals surface area contributed by atoms with E-state index in [1.807, 2.05) is 6.92 Å². The van der Waals surface area contributed by atoms with Crippen LogP contribution in [0.25, 0.3) is 0 Å². The molecule has 17 heavy (non-hydrogen) atoms. The predicted molar refractivity (Wildman–Crippen MR) is 70.9 cm³/mol. The molecule has 3 nitrogen and oxygen atoms in total. The Balaban J connectivity index is 2.97. The van der Waals surface area contributed by atoms with Crippen LogP contribution in [0.2, 0.25) is 5.02 Å². The smallest absolute Gasteiger partial charge is 0.256 e.